The summed E-state index contributed by atoms with van der Waals surface area (Å²) in [7, 11) is 0. The summed E-state index contributed by atoms with van der Waals surface area (Å²) in [5, 5.41) is 4.17. The van der Waals surface area contributed by atoms with Crippen molar-refractivity contribution in [1.82, 2.24) is 19.6 Å². The second-order valence-corrected chi connectivity index (χ2v) is 6.80. The molecule has 2 N–H and O–H groups in total. The van der Waals surface area contributed by atoms with Gasteiger partial charge in [-0.15, -0.1) is 0 Å². The van der Waals surface area contributed by atoms with Crippen LogP contribution in [0.15, 0.2) is 36.7 Å². The highest BCUT2D eigenvalue weighted by Gasteiger charge is 2.20. The van der Waals surface area contributed by atoms with Crippen LogP contribution in [0.2, 0.25) is 0 Å². The molecule has 3 aromatic rings. The lowest BCUT2D eigenvalue weighted by molar-refractivity contribution is 0.137. The van der Waals surface area contributed by atoms with Crippen molar-refractivity contribution in [1.29, 1.82) is 0 Å². The molecule has 0 aliphatic rings. The van der Waals surface area contributed by atoms with Gasteiger partial charge in [0.15, 0.2) is 5.65 Å². The van der Waals surface area contributed by atoms with E-state index in [-0.39, 0.29) is 17.4 Å². The molecule has 0 aliphatic carbocycles. The minimum absolute atomic E-state index is 0.103. The summed E-state index contributed by atoms with van der Waals surface area (Å²) in [6.45, 7) is 5.00. The van der Waals surface area contributed by atoms with Crippen LogP contribution in [-0.2, 0) is 0 Å². The van der Waals surface area contributed by atoms with Crippen molar-refractivity contribution in [3.05, 3.63) is 42.4 Å². The van der Waals surface area contributed by atoms with Gasteiger partial charge in [-0.3, -0.25) is 0 Å². The first kappa shape index (κ1) is 19.2. The Bertz CT molecular complexity index is 899. The fourth-order valence-corrected chi connectivity index (χ4v) is 2.99. The predicted molar refractivity (Wildman–Crippen MR) is 98.7 cm³/mol. The highest BCUT2D eigenvalue weighted by atomic mass is 19.3. The molecule has 3 rings (SSSR count). The Hall–Kier alpha value is -2.61. The van der Waals surface area contributed by atoms with Crippen molar-refractivity contribution >= 4 is 5.65 Å². The van der Waals surface area contributed by atoms with Gasteiger partial charge in [0, 0.05) is 12.3 Å². The molecular weight excluding hydrogens is 352 g/mol. The summed E-state index contributed by atoms with van der Waals surface area (Å²) >= 11 is 0. The summed E-state index contributed by atoms with van der Waals surface area (Å²) in [5.41, 5.74) is 6.86. The van der Waals surface area contributed by atoms with Crippen molar-refractivity contribution in [3.63, 3.8) is 0 Å². The number of alkyl halides is 2. The lowest BCUT2D eigenvalue weighted by Gasteiger charge is -2.18. The third-order valence-corrected chi connectivity index (χ3v) is 4.38. The fraction of sp³-hybridized carbons (Fsp3) is 0.421. The normalized spacial score (nSPS) is 13.9. The summed E-state index contributed by atoms with van der Waals surface area (Å²) < 4.78 is 34.4. The monoisotopic (exact) mass is 375 g/mol. The molecule has 0 radical (unpaired) electrons. The van der Waals surface area contributed by atoms with Crippen molar-refractivity contribution < 1.29 is 13.5 Å². The van der Waals surface area contributed by atoms with Crippen LogP contribution < -0.4 is 10.5 Å². The second-order valence-electron chi connectivity index (χ2n) is 6.80. The first-order chi connectivity index (χ1) is 13.0. The van der Waals surface area contributed by atoms with E-state index in [1.807, 2.05) is 6.92 Å². The van der Waals surface area contributed by atoms with Gasteiger partial charge >= 0.3 is 0 Å². The van der Waals surface area contributed by atoms with Gasteiger partial charge < -0.3 is 10.5 Å². The van der Waals surface area contributed by atoms with Gasteiger partial charge in [0.25, 0.3) is 6.43 Å². The topological polar surface area (TPSA) is 78.3 Å². The number of ether oxygens (including phenoxy) is 1. The Kier molecular flexibility index (Phi) is 5.95. The molecular formula is C19H23F2N5O. The molecule has 3 aromatic heterocycles. The van der Waals surface area contributed by atoms with E-state index in [2.05, 4.69) is 22.0 Å². The lowest BCUT2D eigenvalue weighted by atomic mass is 9.98. The molecule has 0 aliphatic heterocycles. The van der Waals surface area contributed by atoms with E-state index in [0.717, 1.165) is 6.42 Å². The van der Waals surface area contributed by atoms with Gasteiger partial charge in [-0.2, -0.15) is 5.10 Å². The number of hydrogen-bond acceptors (Lipinski definition) is 5. The molecule has 144 valence electrons. The lowest BCUT2D eigenvalue weighted by Crippen LogP contribution is -2.18. The van der Waals surface area contributed by atoms with E-state index in [1.165, 1.54) is 0 Å². The van der Waals surface area contributed by atoms with Crippen LogP contribution in [-0.4, -0.2) is 32.7 Å². The van der Waals surface area contributed by atoms with Crippen molar-refractivity contribution in [2.24, 2.45) is 17.6 Å². The zero-order valence-electron chi connectivity index (χ0n) is 15.3. The highest BCUT2D eigenvalue weighted by Crippen LogP contribution is 2.31. The van der Waals surface area contributed by atoms with Gasteiger partial charge in [-0.25, -0.2) is 23.3 Å². The number of rotatable bonds is 8. The summed E-state index contributed by atoms with van der Waals surface area (Å²) in [4.78, 5) is 8.32. The van der Waals surface area contributed by atoms with Crippen LogP contribution in [0.4, 0.5) is 8.78 Å². The first-order valence-electron chi connectivity index (χ1n) is 8.90. The number of aromatic nitrogens is 4. The Morgan fingerprint density at radius 3 is 2.67 bits per heavy atom. The fourth-order valence-electron chi connectivity index (χ4n) is 2.99. The molecule has 0 bridgehead atoms. The molecule has 0 aromatic carbocycles. The van der Waals surface area contributed by atoms with Crippen molar-refractivity contribution in [2.75, 3.05) is 13.2 Å². The smallest absolute Gasteiger partial charge is 0.284 e. The van der Waals surface area contributed by atoms with Crippen LogP contribution >= 0.6 is 0 Å². The van der Waals surface area contributed by atoms with Gasteiger partial charge in [-0.05, 0) is 43.0 Å². The van der Waals surface area contributed by atoms with Crippen LogP contribution in [0.5, 0.6) is 5.75 Å². The number of pyridine rings is 1. The van der Waals surface area contributed by atoms with E-state index in [4.69, 9.17) is 10.5 Å². The summed E-state index contributed by atoms with van der Waals surface area (Å²) in [5.74, 6) is 0.672. The molecule has 0 fully saturated rings. The quantitative estimate of drug-likeness (QED) is 0.649. The summed E-state index contributed by atoms with van der Waals surface area (Å²) in [6.07, 6.45) is 1.33. The Balaban J connectivity index is 1.84. The largest absolute Gasteiger partial charge is 0.491 e. The third-order valence-electron chi connectivity index (χ3n) is 4.38. The number of hydrogen-bond donors (Lipinski definition) is 1. The van der Waals surface area contributed by atoms with E-state index in [1.54, 1.807) is 41.2 Å². The van der Waals surface area contributed by atoms with Crippen LogP contribution in [0.25, 0.3) is 17.0 Å². The average molecular weight is 375 g/mol. The Morgan fingerprint density at radius 2 is 1.93 bits per heavy atom. The minimum atomic E-state index is -2.74. The molecule has 27 heavy (non-hydrogen) atoms. The SMILES string of the molecule is CC(CN)CC(C)COc1ccc(-c2ccnc3ccnn23)nc1C(F)F. The molecule has 0 saturated carbocycles. The molecule has 0 saturated heterocycles. The second kappa shape index (κ2) is 8.39. The van der Waals surface area contributed by atoms with Crippen molar-refractivity contribution in [2.45, 2.75) is 26.7 Å². The zero-order chi connectivity index (χ0) is 19.4. The molecule has 6 nitrogen and oxygen atoms in total. The molecule has 2 atom stereocenters. The highest BCUT2D eigenvalue weighted by molar-refractivity contribution is 5.59. The maximum atomic E-state index is 13.6. The van der Waals surface area contributed by atoms with Gasteiger partial charge in [0.1, 0.15) is 11.4 Å². The predicted octanol–water partition coefficient (Wildman–Crippen LogP) is 3.73. The average Bonchev–Trinajstić information content (AvgIpc) is 3.14. The molecule has 0 amide bonds. The first-order valence-corrected chi connectivity index (χ1v) is 8.90. The Labute approximate surface area is 156 Å². The maximum absolute atomic E-state index is 13.6. The van der Waals surface area contributed by atoms with Gasteiger partial charge in [0.2, 0.25) is 0 Å². The minimum Gasteiger partial charge on any atom is -0.491 e. The standard InChI is InChI=1S/C19H23F2N5O/c1-12(10-22)9-13(2)11-27-16-4-3-14(25-18(16)19(20)21)15-5-7-23-17-6-8-24-26(15)17/h3-8,12-13,19H,9-11,22H2,1-2H3. The van der Waals surface area contributed by atoms with Gasteiger partial charge in [-0.1, -0.05) is 13.8 Å². The Morgan fingerprint density at radius 1 is 1.11 bits per heavy atom. The van der Waals surface area contributed by atoms with Crippen LogP contribution in [0, 0.1) is 11.8 Å². The number of nitrogens with zero attached hydrogens (tertiary/aromatic N) is 4. The zero-order valence-corrected chi connectivity index (χ0v) is 15.3. The van der Waals surface area contributed by atoms with E-state index >= 15 is 0 Å². The molecule has 0 spiro atoms. The van der Waals surface area contributed by atoms with Gasteiger partial charge in [0.05, 0.1) is 24.2 Å². The number of nitrogens with two attached hydrogens (primary N) is 1. The molecule has 3 heterocycles. The van der Waals surface area contributed by atoms with Crippen LogP contribution in [0.1, 0.15) is 32.4 Å². The number of fused-ring (bicyclic) bond motifs is 1. The maximum Gasteiger partial charge on any atom is 0.284 e. The van der Waals surface area contributed by atoms with E-state index < -0.39 is 6.43 Å². The molecule has 2 unspecified atom stereocenters. The van der Waals surface area contributed by atoms with Crippen molar-refractivity contribution in [3.8, 4) is 17.1 Å². The van der Waals surface area contributed by atoms with E-state index in [0.29, 0.717) is 36.1 Å². The van der Waals surface area contributed by atoms with Crippen LogP contribution in [0.3, 0.4) is 0 Å². The molecule has 8 heteroatoms. The summed E-state index contributed by atoms with van der Waals surface area (Å²) in [6, 6.07) is 6.62. The van der Waals surface area contributed by atoms with E-state index in [9.17, 15) is 8.78 Å². The number of halogens is 2. The third kappa shape index (κ3) is 4.39.